The summed E-state index contributed by atoms with van der Waals surface area (Å²) >= 11 is 0. The van der Waals surface area contributed by atoms with Gasteiger partial charge in [-0.05, 0) is 19.8 Å². The lowest BCUT2D eigenvalue weighted by Crippen LogP contribution is -2.53. The fraction of sp³-hybridized carbons (Fsp3) is 0.900. The summed E-state index contributed by atoms with van der Waals surface area (Å²) in [5.74, 6) is 0.191. The molecule has 1 amide bonds. The molecule has 0 aromatic carbocycles. The number of rotatable bonds is 1. The van der Waals surface area contributed by atoms with Crippen LogP contribution in [0.15, 0.2) is 0 Å². The molecule has 2 fully saturated rings. The Hall–Kier alpha value is -0.610. The van der Waals surface area contributed by atoms with Crippen molar-refractivity contribution in [3.05, 3.63) is 0 Å². The average Bonchev–Trinajstić information content (AvgIpc) is 2.69. The van der Waals surface area contributed by atoms with Crippen LogP contribution < -0.4 is 5.32 Å². The maximum Gasteiger partial charge on any atom is 0.251 e. The normalized spacial score (nSPS) is 33.4. The van der Waals surface area contributed by atoms with E-state index in [-0.39, 0.29) is 12.0 Å². The van der Waals surface area contributed by atoms with Crippen LogP contribution >= 0.6 is 0 Å². The summed E-state index contributed by atoms with van der Waals surface area (Å²) < 4.78 is 5.39. The highest BCUT2D eigenvalue weighted by molar-refractivity contribution is 5.81. The van der Waals surface area contributed by atoms with E-state index in [9.17, 15) is 4.79 Å². The van der Waals surface area contributed by atoms with Gasteiger partial charge in [-0.3, -0.25) is 4.79 Å². The molecule has 2 heterocycles. The van der Waals surface area contributed by atoms with E-state index in [1.54, 1.807) is 0 Å². The predicted molar refractivity (Wildman–Crippen MR) is 53.0 cm³/mol. The maximum atomic E-state index is 11.9. The molecule has 14 heavy (non-hydrogen) atoms. The smallest absolute Gasteiger partial charge is 0.251 e. The van der Waals surface area contributed by atoms with Gasteiger partial charge in [-0.25, -0.2) is 0 Å². The van der Waals surface area contributed by atoms with Crippen molar-refractivity contribution in [2.24, 2.45) is 0 Å². The number of nitrogens with zero attached hydrogens (tertiary/aromatic N) is 1. The van der Waals surface area contributed by atoms with Gasteiger partial charge in [0.2, 0.25) is 0 Å². The van der Waals surface area contributed by atoms with E-state index >= 15 is 0 Å². The van der Waals surface area contributed by atoms with Crippen LogP contribution in [0.25, 0.3) is 0 Å². The largest absolute Gasteiger partial charge is 0.368 e. The summed E-state index contributed by atoms with van der Waals surface area (Å²) in [5, 5.41) is 3.32. The van der Waals surface area contributed by atoms with Crippen LogP contribution in [0, 0.1) is 0 Å². The van der Waals surface area contributed by atoms with Crippen molar-refractivity contribution in [3.8, 4) is 0 Å². The maximum absolute atomic E-state index is 11.9. The molecule has 80 valence electrons. The average molecular weight is 198 g/mol. The molecule has 0 saturated carbocycles. The lowest BCUT2D eigenvalue weighted by molar-refractivity contribution is -0.142. The molecule has 4 heteroatoms. The first-order chi connectivity index (χ1) is 6.77. The monoisotopic (exact) mass is 198 g/mol. The van der Waals surface area contributed by atoms with Crippen molar-refractivity contribution in [2.45, 2.75) is 31.9 Å². The van der Waals surface area contributed by atoms with Gasteiger partial charge in [0, 0.05) is 32.3 Å². The second-order valence-electron chi connectivity index (χ2n) is 4.14. The van der Waals surface area contributed by atoms with Crippen LogP contribution in [0.1, 0.15) is 19.8 Å². The topological polar surface area (TPSA) is 41.6 Å². The first kappa shape index (κ1) is 9.93. The number of carbonyl (C=O) groups excluding carboxylic acids is 1. The minimum atomic E-state index is -0.153. The summed E-state index contributed by atoms with van der Waals surface area (Å²) in [6.07, 6.45) is 1.77. The standard InChI is InChI=1S/C10H18N2O2/c1-8-7-12(5-4-11-8)10(13)9-3-2-6-14-9/h8-9,11H,2-7H2,1H3/t8-,9+/m1/s1. The molecule has 2 rings (SSSR count). The Balaban J connectivity index is 1.89. The molecule has 0 bridgehead atoms. The zero-order valence-corrected chi connectivity index (χ0v) is 8.66. The number of amides is 1. The lowest BCUT2D eigenvalue weighted by atomic mass is 10.1. The first-order valence-corrected chi connectivity index (χ1v) is 5.41. The van der Waals surface area contributed by atoms with E-state index < -0.39 is 0 Å². The molecule has 0 aliphatic carbocycles. The third-order valence-electron chi connectivity index (χ3n) is 2.89. The minimum Gasteiger partial charge on any atom is -0.368 e. The summed E-state index contributed by atoms with van der Waals surface area (Å²) in [4.78, 5) is 13.8. The van der Waals surface area contributed by atoms with Crippen LogP contribution in [-0.2, 0) is 9.53 Å². The van der Waals surface area contributed by atoms with E-state index in [2.05, 4.69) is 12.2 Å². The molecule has 0 unspecified atom stereocenters. The van der Waals surface area contributed by atoms with Crippen LogP contribution in [0.3, 0.4) is 0 Å². The Morgan fingerprint density at radius 2 is 2.43 bits per heavy atom. The van der Waals surface area contributed by atoms with Gasteiger partial charge in [-0.1, -0.05) is 0 Å². The van der Waals surface area contributed by atoms with Crippen LogP contribution in [0.2, 0.25) is 0 Å². The van der Waals surface area contributed by atoms with Gasteiger partial charge < -0.3 is 15.0 Å². The molecule has 2 aliphatic heterocycles. The second kappa shape index (κ2) is 4.28. The van der Waals surface area contributed by atoms with E-state index in [1.807, 2.05) is 4.90 Å². The number of ether oxygens (including phenoxy) is 1. The van der Waals surface area contributed by atoms with Gasteiger partial charge >= 0.3 is 0 Å². The van der Waals surface area contributed by atoms with Crippen molar-refractivity contribution < 1.29 is 9.53 Å². The molecule has 0 spiro atoms. The summed E-state index contributed by atoms with van der Waals surface area (Å²) in [7, 11) is 0. The van der Waals surface area contributed by atoms with E-state index in [0.717, 1.165) is 39.1 Å². The van der Waals surface area contributed by atoms with Crippen molar-refractivity contribution in [1.82, 2.24) is 10.2 Å². The number of piperazine rings is 1. The van der Waals surface area contributed by atoms with E-state index in [4.69, 9.17) is 4.74 Å². The number of hydrogen-bond donors (Lipinski definition) is 1. The van der Waals surface area contributed by atoms with Crippen LogP contribution in [0.4, 0.5) is 0 Å². The molecule has 1 N–H and O–H groups in total. The fourth-order valence-corrected chi connectivity index (χ4v) is 2.11. The van der Waals surface area contributed by atoms with Gasteiger partial charge in [0.05, 0.1) is 0 Å². The highest BCUT2D eigenvalue weighted by Gasteiger charge is 2.30. The Bertz CT molecular complexity index is 214. The molecule has 2 saturated heterocycles. The number of carbonyl (C=O) groups is 1. The quantitative estimate of drug-likeness (QED) is 0.644. The summed E-state index contributed by atoms with van der Waals surface area (Å²) in [6.45, 7) is 5.40. The van der Waals surface area contributed by atoms with Gasteiger partial charge in [0.1, 0.15) is 6.10 Å². The predicted octanol–water partition coefficient (Wildman–Crippen LogP) is -0.0143. The van der Waals surface area contributed by atoms with E-state index in [1.165, 1.54) is 0 Å². The molecular formula is C10H18N2O2. The van der Waals surface area contributed by atoms with Gasteiger partial charge in [0.15, 0.2) is 0 Å². The SMILES string of the molecule is C[C@@H]1CN(C(=O)[C@@H]2CCCO2)CCN1. The lowest BCUT2D eigenvalue weighted by Gasteiger charge is -2.33. The number of hydrogen-bond acceptors (Lipinski definition) is 3. The first-order valence-electron chi connectivity index (χ1n) is 5.41. The molecule has 4 nitrogen and oxygen atoms in total. The third-order valence-corrected chi connectivity index (χ3v) is 2.89. The van der Waals surface area contributed by atoms with Gasteiger partial charge in [-0.2, -0.15) is 0 Å². The Morgan fingerprint density at radius 1 is 1.57 bits per heavy atom. The number of nitrogens with one attached hydrogen (secondary N) is 1. The highest BCUT2D eigenvalue weighted by atomic mass is 16.5. The molecular weight excluding hydrogens is 180 g/mol. The van der Waals surface area contributed by atoms with E-state index in [0.29, 0.717) is 6.04 Å². The second-order valence-corrected chi connectivity index (χ2v) is 4.14. The third kappa shape index (κ3) is 2.07. The van der Waals surface area contributed by atoms with Gasteiger partial charge in [0.25, 0.3) is 5.91 Å². The molecule has 0 aromatic rings. The molecule has 2 aliphatic rings. The van der Waals surface area contributed by atoms with Crippen LogP contribution in [0.5, 0.6) is 0 Å². The summed E-state index contributed by atoms with van der Waals surface area (Å²) in [6, 6.07) is 0.411. The molecule has 0 radical (unpaired) electrons. The van der Waals surface area contributed by atoms with Crippen molar-refractivity contribution in [3.63, 3.8) is 0 Å². The minimum absolute atomic E-state index is 0.153. The van der Waals surface area contributed by atoms with Crippen molar-refractivity contribution >= 4 is 5.91 Å². The zero-order valence-electron chi connectivity index (χ0n) is 8.66. The summed E-state index contributed by atoms with van der Waals surface area (Å²) in [5.41, 5.74) is 0. The Labute approximate surface area is 84.6 Å². The zero-order chi connectivity index (χ0) is 9.97. The van der Waals surface area contributed by atoms with Crippen LogP contribution in [-0.4, -0.2) is 49.2 Å². The van der Waals surface area contributed by atoms with Crippen molar-refractivity contribution in [1.29, 1.82) is 0 Å². The molecule has 0 aromatic heterocycles. The van der Waals surface area contributed by atoms with Gasteiger partial charge in [-0.15, -0.1) is 0 Å². The fourth-order valence-electron chi connectivity index (χ4n) is 2.11. The molecule has 2 atom stereocenters. The Morgan fingerprint density at radius 3 is 3.07 bits per heavy atom. The van der Waals surface area contributed by atoms with Crippen molar-refractivity contribution in [2.75, 3.05) is 26.2 Å². The highest BCUT2D eigenvalue weighted by Crippen LogP contribution is 2.15. The Kier molecular flexibility index (Phi) is 3.03.